The zero-order valence-electron chi connectivity index (χ0n) is 14.2. The van der Waals surface area contributed by atoms with E-state index in [0.29, 0.717) is 0 Å². The smallest absolute Gasteiger partial charge is 0.0897 e. The van der Waals surface area contributed by atoms with Crippen molar-refractivity contribution in [3.63, 3.8) is 0 Å². The SMILES string of the molecule is CCCCCCCCCCCCCCC=C[NH+](C)C.[I-]. The molecule has 0 bridgehead atoms. The van der Waals surface area contributed by atoms with Crippen LogP contribution in [0.3, 0.4) is 0 Å². The molecule has 1 N–H and O–H groups in total. The Bertz CT molecular complexity index is 190. The summed E-state index contributed by atoms with van der Waals surface area (Å²) in [6, 6.07) is 0. The minimum absolute atomic E-state index is 0. The molecule has 0 heterocycles. The number of halogens is 1. The molecular weight excluding hydrogens is 357 g/mol. The van der Waals surface area contributed by atoms with Gasteiger partial charge in [-0.25, -0.2) is 0 Å². The van der Waals surface area contributed by atoms with Crippen molar-refractivity contribution in [3.05, 3.63) is 12.3 Å². The molecule has 0 aliphatic carbocycles. The van der Waals surface area contributed by atoms with Gasteiger partial charge < -0.3 is 28.9 Å². The van der Waals surface area contributed by atoms with E-state index in [1.807, 2.05) is 0 Å². The van der Waals surface area contributed by atoms with Crippen LogP contribution in [-0.4, -0.2) is 14.1 Å². The molecule has 0 aromatic heterocycles. The summed E-state index contributed by atoms with van der Waals surface area (Å²) >= 11 is 0. The Morgan fingerprint density at radius 3 is 1.45 bits per heavy atom. The molecule has 0 spiro atoms. The van der Waals surface area contributed by atoms with E-state index in [0.717, 1.165) is 0 Å². The number of hydrogen-bond acceptors (Lipinski definition) is 0. The molecule has 0 atom stereocenters. The summed E-state index contributed by atoms with van der Waals surface area (Å²) in [5, 5.41) is 0. The second-order valence-corrected chi connectivity index (χ2v) is 6.16. The molecule has 0 aromatic rings. The van der Waals surface area contributed by atoms with Crippen molar-refractivity contribution < 1.29 is 28.9 Å². The van der Waals surface area contributed by atoms with Gasteiger partial charge in [0.05, 0.1) is 20.3 Å². The standard InChI is InChI=1S/C18H37N.HI/c1-4-5-6-7-8-9-10-11-12-13-14-15-16-17-18-19(2)3;/h17-18H,4-16H2,1-3H3;1H. The van der Waals surface area contributed by atoms with Crippen LogP contribution >= 0.6 is 0 Å². The summed E-state index contributed by atoms with van der Waals surface area (Å²) in [5.41, 5.74) is 0. The minimum atomic E-state index is 0. The fourth-order valence-electron chi connectivity index (χ4n) is 2.42. The first-order chi connectivity index (χ1) is 9.27. The van der Waals surface area contributed by atoms with Crippen molar-refractivity contribution in [2.24, 2.45) is 0 Å². The quantitative estimate of drug-likeness (QED) is 0.338. The Balaban J connectivity index is 0. The van der Waals surface area contributed by atoms with Crippen LogP contribution in [0.15, 0.2) is 12.3 Å². The highest BCUT2D eigenvalue weighted by Crippen LogP contribution is 2.12. The summed E-state index contributed by atoms with van der Waals surface area (Å²) in [5.74, 6) is 0. The van der Waals surface area contributed by atoms with E-state index in [9.17, 15) is 0 Å². The average molecular weight is 395 g/mol. The van der Waals surface area contributed by atoms with Crippen molar-refractivity contribution in [2.45, 2.75) is 90.4 Å². The van der Waals surface area contributed by atoms with E-state index in [1.165, 1.54) is 88.4 Å². The first-order valence-electron chi connectivity index (χ1n) is 8.74. The number of rotatable bonds is 14. The molecule has 0 aliphatic heterocycles. The van der Waals surface area contributed by atoms with Gasteiger partial charge in [0.25, 0.3) is 0 Å². The molecule has 2 heteroatoms. The topological polar surface area (TPSA) is 4.44 Å². The second-order valence-electron chi connectivity index (χ2n) is 6.16. The van der Waals surface area contributed by atoms with Crippen LogP contribution in [0.5, 0.6) is 0 Å². The molecule has 0 radical (unpaired) electrons. The fraction of sp³-hybridized carbons (Fsp3) is 0.889. The maximum atomic E-state index is 2.33. The van der Waals surface area contributed by atoms with Gasteiger partial charge in [0.15, 0.2) is 0 Å². The van der Waals surface area contributed by atoms with E-state index in [2.05, 4.69) is 33.3 Å². The summed E-state index contributed by atoms with van der Waals surface area (Å²) in [6.45, 7) is 2.29. The zero-order valence-corrected chi connectivity index (χ0v) is 16.4. The number of nitrogens with one attached hydrogen (secondary N) is 1. The van der Waals surface area contributed by atoms with Crippen LogP contribution in [0, 0.1) is 0 Å². The van der Waals surface area contributed by atoms with Gasteiger partial charge >= 0.3 is 0 Å². The molecule has 0 amide bonds. The molecule has 1 nitrogen and oxygen atoms in total. The average Bonchev–Trinajstić information content (AvgIpc) is 2.39. The van der Waals surface area contributed by atoms with Gasteiger partial charge in [-0.15, -0.1) is 0 Å². The molecule has 0 saturated heterocycles. The maximum absolute atomic E-state index is 2.33. The van der Waals surface area contributed by atoms with E-state index < -0.39 is 0 Å². The lowest BCUT2D eigenvalue weighted by Crippen LogP contribution is -3.00. The van der Waals surface area contributed by atoms with E-state index in [-0.39, 0.29) is 24.0 Å². The van der Waals surface area contributed by atoms with Crippen LogP contribution in [-0.2, 0) is 0 Å². The number of quaternary nitrogens is 1. The number of unbranched alkanes of at least 4 members (excludes halogenated alkanes) is 12. The Labute approximate surface area is 145 Å². The highest BCUT2D eigenvalue weighted by atomic mass is 127. The van der Waals surface area contributed by atoms with E-state index >= 15 is 0 Å². The van der Waals surface area contributed by atoms with Gasteiger partial charge in [0, 0.05) is 0 Å². The molecule has 20 heavy (non-hydrogen) atoms. The number of hydrogen-bond donors (Lipinski definition) is 1. The third-order valence-corrected chi connectivity index (χ3v) is 3.68. The molecule has 0 saturated carbocycles. The van der Waals surface area contributed by atoms with Gasteiger partial charge in [-0.2, -0.15) is 0 Å². The minimum Gasteiger partial charge on any atom is -1.00 e. The van der Waals surface area contributed by atoms with Crippen LogP contribution in [0.2, 0.25) is 0 Å². The Hall–Kier alpha value is 0.430. The van der Waals surface area contributed by atoms with Crippen LogP contribution < -0.4 is 28.9 Å². The van der Waals surface area contributed by atoms with Gasteiger partial charge in [-0.1, -0.05) is 77.6 Å². The second kappa shape index (κ2) is 19.4. The van der Waals surface area contributed by atoms with Crippen molar-refractivity contribution >= 4 is 0 Å². The van der Waals surface area contributed by atoms with Gasteiger partial charge in [-0.05, 0) is 18.9 Å². The summed E-state index contributed by atoms with van der Waals surface area (Å²) < 4.78 is 0. The van der Waals surface area contributed by atoms with Crippen LogP contribution in [0.4, 0.5) is 0 Å². The first kappa shape index (κ1) is 22.7. The predicted octanol–water partition coefficient (Wildman–Crippen LogP) is 1.74. The zero-order chi connectivity index (χ0) is 14.2. The highest BCUT2D eigenvalue weighted by molar-refractivity contribution is 4.71. The van der Waals surface area contributed by atoms with Crippen molar-refractivity contribution in [1.29, 1.82) is 0 Å². The Morgan fingerprint density at radius 1 is 0.650 bits per heavy atom. The Morgan fingerprint density at radius 2 is 1.05 bits per heavy atom. The van der Waals surface area contributed by atoms with Crippen molar-refractivity contribution in [3.8, 4) is 0 Å². The monoisotopic (exact) mass is 395 g/mol. The summed E-state index contributed by atoms with van der Waals surface area (Å²) in [6.07, 6.45) is 23.1. The summed E-state index contributed by atoms with van der Waals surface area (Å²) in [7, 11) is 4.33. The number of allylic oxidation sites excluding steroid dienone is 1. The van der Waals surface area contributed by atoms with Crippen LogP contribution in [0.1, 0.15) is 90.4 Å². The van der Waals surface area contributed by atoms with E-state index in [1.54, 1.807) is 0 Å². The Kier molecular flexibility index (Phi) is 22.1. The maximum Gasteiger partial charge on any atom is 0.0897 e. The third-order valence-electron chi connectivity index (χ3n) is 3.68. The lowest BCUT2D eigenvalue weighted by atomic mass is 10.0. The molecule has 0 aliphatic rings. The van der Waals surface area contributed by atoms with Crippen molar-refractivity contribution in [1.82, 2.24) is 0 Å². The van der Waals surface area contributed by atoms with Crippen LogP contribution in [0.25, 0.3) is 0 Å². The lowest BCUT2D eigenvalue weighted by molar-refractivity contribution is -0.801. The highest BCUT2D eigenvalue weighted by Gasteiger charge is 1.93. The molecule has 122 valence electrons. The molecule has 0 fully saturated rings. The van der Waals surface area contributed by atoms with Gasteiger partial charge in [0.1, 0.15) is 0 Å². The molecule has 0 rings (SSSR count). The molecule has 0 aromatic carbocycles. The summed E-state index contributed by atoms with van der Waals surface area (Å²) in [4.78, 5) is 1.42. The normalized spacial score (nSPS) is 11.2. The molecular formula is C18H38IN. The predicted molar refractivity (Wildman–Crippen MR) is 87.6 cm³/mol. The largest absolute Gasteiger partial charge is 1.00 e. The van der Waals surface area contributed by atoms with Gasteiger partial charge in [-0.3, -0.25) is 0 Å². The first-order valence-corrected chi connectivity index (χ1v) is 8.74. The third kappa shape index (κ3) is 20.7. The lowest BCUT2D eigenvalue weighted by Gasteiger charge is -2.02. The fourth-order valence-corrected chi connectivity index (χ4v) is 2.42. The van der Waals surface area contributed by atoms with Gasteiger partial charge in [0.2, 0.25) is 0 Å². The molecule has 0 unspecified atom stereocenters. The van der Waals surface area contributed by atoms with Crippen molar-refractivity contribution in [2.75, 3.05) is 14.1 Å². The van der Waals surface area contributed by atoms with E-state index in [4.69, 9.17) is 0 Å².